The van der Waals surface area contributed by atoms with Gasteiger partial charge in [0.25, 0.3) is 0 Å². The van der Waals surface area contributed by atoms with Gasteiger partial charge in [-0.25, -0.2) is 8.42 Å². The molecular weight excluding hydrogens is 196 g/mol. The first kappa shape index (κ1) is 8.82. The Morgan fingerprint density at radius 1 is 1.17 bits per heavy atom. The van der Waals surface area contributed by atoms with E-state index in [0.717, 1.165) is 24.7 Å². The van der Waals surface area contributed by atoms with Gasteiger partial charge in [-0.2, -0.15) is 0 Å². The van der Waals surface area contributed by atoms with E-state index in [-0.39, 0.29) is 5.75 Å². The van der Waals surface area contributed by atoms with Crippen molar-refractivity contribution in [2.24, 2.45) is 17.8 Å². The normalized spacial score (nSPS) is 36.1. The molecule has 12 heavy (non-hydrogen) atoms. The molecule has 0 spiro atoms. The van der Waals surface area contributed by atoms with Gasteiger partial charge in [0.2, 0.25) is 9.05 Å². The maximum absolute atomic E-state index is 10.7. The second-order valence-electron chi connectivity index (χ2n) is 4.14. The number of hydrogen-bond acceptors (Lipinski definition) is 2. The standard InChI is InChI=1S/C8H13ClO2S/c9-12(10,11)5-6-3-8(4-6)7-1-2-7/h6-8H,1-5H2. The quantitative estimate of drug-likeness (QED) is 0.665. The van der Waals surface area contributed by atoms with E-state index in [1.54, 1.807) is 0 Å². The summed E-state index contributed by atoms with van der Waals surface area (Å²) in [5, 5.41) is 0. The summed E-state index contributed by atoms with van der Waals surface area (Å²) in [6.07, 6.45) is 4.92. The Bertz CT molecular complexity index is 263. The minimum Gasteiger partial charge on any atom is -0.212 e. The van der Waals surface area contributed by atoms with Crippen molar-refractivity contribution in [3.63, 3.8) is 0 Å². The predicted molar refractivity (Wildman–Crippen MR) is 48.6 cm³/mol. The SMILES string of the molecule is O=S(=O)(Cl)CC1CC(C2CC2)C1. The summed E-state index contributed by atoms with van der Waals surface area (Å²) in [6, 6.07) is 0. The monoisotopic (exact) mass is 208 g/mol. The summed E-state index contributed by atoms with van der Waals surface area (Å²) >= 11 is 0. The van der Waals surface area contributed by atoms with Crippen molar-refractivity contribution in [1.82, 2.24) is 0 Å². The third-order valence-electron chi connectivity index (χ3n) is 3.00. The zero-order valence-electron chi connectivity index (χ0n) is 6.87. The molecule has 0 aromatic carbocycles. The lowest BCUT2D eigenvalue weighted by atomic mass is 9.73. The van der Waals surface area contributed by atoms with Crippen molar-refractivity contribution in [3.05, 3.63) is 0 Å². The molecule has 0 N–H and O–H groups in total. The van der Waals surface area contributed by atoms with Gasteiger partial charge >= 0.3 is 0 Å². The van der Waals surface area contributed by atoms with Gasteiger partial charge in [0.1, 0.15) is 0 Å². The van der Waals surface area contributed by atoms with Crippen molar-refractivity contribution >= 4 is 19.7 Å². The molecular formula is C8H13ClO2S. The van der Waals surface area contributed by atoms with Crippen LogP contribution in [0.4, 0.5) is 0 Å². The van der Waals surface area contributed by atoms with E-state index in [9.17, 15) is 8.42 Å². The van der Waals surface area contributed by atoms with Crippen LogP contribution in [0.1, 0.15) is 25.7 Å². The molecule has 0 aromatic heterocycles. The number of halogens is 1. The van der Waals surface area contributed by atoms with Gasteiger partial charge in [-0.1, -0.05) is 0 Å². The van der Waals surface area contributed by atoms with E-state index < -0.39 is 9.05 Å². The molecule has 0 heterocycles. The smallest absolute Gasteiger partial charge is 0.212 e. The Kier molecular flexibility index (Phi) is 2.11. The average Bonchev–Trinajstić information content (AvgIpc) is 2.56. The van der Waals surface area contributed by atoms with Crippen LogP contribution in [-0.4, -0.2) is 14.2 Å². The molecule has 2 aliphatic carbocycles. The first-order valence-corrected chi connectivity index (χ1v) is 6.95. The van der Waals surface area contributed by atoms with Gasteiger partial charge in [0.05, 0.1) is 5.75 Å². The van der Waals surface area contributed by atoms with Crippen LogP contribution in [0.25, 0.3) is 0 Å². The van der Waals surface area contributed by atoms with Crippen LogP contribution < -0.4 is 0 Å². The van der Waals surface area contributed by atoms with E-state index in [0.29, 0.717) is 5.92 Å². The van der Waals surface area contributed by atoms with Crippen molar-refractivity contribution in [3.8, 4) is 0 Å². The van der Waals surface area contributed by atoms with E-state index >= 15 is 0 Å². The Labute approximate surface area is 77.7 Å². The van der Waals surface area contributed by atoms with Crippen molar-refractivity contribution in [2.75, 3.05) is 5.75 Å². The molecule has 2 aliphatic rings. The average molecular weight is 209 g/mol. The second kappa shape index (κ2) is 2.88. The third kappa shape index (κ3) is 2.13. The summed E-state index contributed by atoms with van der Waals surface area (Å²) < 4.78 is 21.4. The van der Waals surface area contributed by atoms with Gasteiger partial charge in [-0.05, 0) is 43.4 Å². The van der Waals surface area contributed by atoms with E-state index in [2.05, 4.69) is 0 Å². The first-order valence-electron chi connectivity index (χ1n) is 4.47. The van der Waals surface area contributed by atoms with Crippen LogP contribution in [0.15, 0.2) is 0 Å². The number of rotatable bonds is 3. The Hall–Kier alpha value is 0.240. The largest absolute Gasteiger partial charge is 0.232 e. The highest BCUT2D eigenvalue weighted by Gasteiger charge is 2.41. The first-order chi connectivity index (χ1) is 5.54. The van der Waals surface area contributed by atoms with E-state index in [4.69, 9.17) is 10.7 Å². The molecule has 0 unspecified atom stereocenters. The molecule has 2 saturated carbocycles. The lowest BCUT2D eigenvalue weighted by Crippen LogP contribution is -2.29. The van der Waals surface area contributed by atoms with Crippen LogP contribution >= 0.6 is 10.7 Å². The van der Waals surface area contributed by atoms with Gasteiger partial charge in [-0.15, -0.1) is 0 Å². The minimum absolute atomic E-state index is 0.192. The highest BCUT2D eigenvalue weighted by Crippen LogP contribution is 2.49. The summed E-state index contributed by atoms with van der Waals surface area (Å²) in [4.78, 5) is 0. The summed E-state index contributed by atoms with van der Waals surface area (Å²) in [5.41, 5.74) is 0. The molecule has 0 saturated heterocycles. The van der Waals surface area contributed by atoms with Crippen molar-refractivity contribution < 1.29 is 8.42 Å². The second-order valence-corrected chi connectivity index (χ2v) is 6.96. The Balaban J connectivity index is 1.74. The third-order valence-corrected chi connectivity index (χ3v) is 4.24. The molecule has 0 aromatic rings. The zero-order valence-corrected chi connectivity index (χ0v) is 8.44. The van der Waals surface area contributed by atoms with E-state index in [1.165, 1.54) is 12.8 Å². The minimum atomic E-state index is -3.24. The van der Waals surface area contributed by atoms with Crippen molar-refractivity contribution in [1.29, 1.82) is 0 Å². The topological polar surface area (TPSA) is 34.1 Å². The molecule has 0 radical (unpaired) electrons. The molecule has 0 aliphatic heterocycles. The molecule has 2 rings (SSSR count). The molecule has 2 nitrogen and oxygen atoms in total. The molecule has 2 fully saturated rings. The van der Waals surface area contributed by atoms with Gasteiger partial charge in [0, 0.05) is 10.7 Å². The maximum atomic E-state index is 10.7. The van der Waals surface area contributed by atoms with Crippen LogP contribution in [0.3, 0.4) is 0 Å². The fraction of sp³-hybridized carbons (Fsp3) is 1.00. The van der Waals surface area contributed by atoms with Gasteiger partial charge in [0.15, 0.2) is 0 Å². The summed E-state index contributed by atoms with van der Waals surface area (Å²) in [6.45, 7) is 0. The van der Waals surface area contributed by atoms with Gasteiger partial charge < -0.3 is 0 Å². The fourth-order valence-corrected chi connectivity index (χ4v) is 3.53. The van der Waals surface area contributed by atoms with Crippen LogP contribution in [-0.2, 0) is 9.05 Å². The highest BCUT2D eigenvalue weighted by molar-refractivity contribution is 8.13. The molecule has 0 bridgehead atoms. The van der Waals surface area contributed by atoms with Crippen LogP contribution in [0.5, 0.6) is 0 Å². The van der Waals surface area contributed by atoms with Crippen LogP contribution in [0, 0.1) is 17.8 Å². The molecule has 4 heteroatoms. The predicted octanol–water partition coefficient (Wildman–Crippen LogP) is 1.99. The fourth-order valence-electron chi connectivity index (χ4n) is 2.16. The highest BCUT2D eigenvalue weighted by atomic mass is 35.7. The lowest BCUT2D eigenvalue weighted by molar-refractivity contribution is 0.188. The summed E-state index contributed by atoms with van der Waals surface area (Å²) in [5.74, 6) is 2.31. The Morgan fingerprint density at radius 3 is 2.17 bits per heavy atom. The number of hydrogen-bond donors (Lipinski definition) is 0. The van der Waals surface area contributed by atoms with Crippen molar-refractivity contribution in [2.45, 2.75) is 25.7 Å². The molecule has 0 atom stereocenters. The molecule has 0 amide bonds. The van der Waals surface area contributed by atoms with E-state index in [1.807, 2.05) is 0 Å². The molecule has 70 valence electrons. The van der Waals surface area contributed by atoms with Crippen LogP contribution in [0.2, 0.25) is 0 Å². The van der Waals surface area contributed by atoms with Gasteiger partial charge in [-0.3, -0.25) is 0 Å². The lowest BCUT2D eigenvalue weighted by Gasteiger charge is -2.34. The maximum Gasteiger partial charge on any atom is 0.232 e. The zero-order chi connectivity index (χ0) is 8.77. The Morgan fingerprint density at radius 2 is 1.75 bits per heavy atom. The summed E-state index contributed by atoms with van der Waals surface area (Å²) in [7, 11) is 1.92.